The standard InChI is InChI=1S/C52H42BN5O.Pt/c1-52(2,3)38-28-30-54-49(32-38)58-46-25-13-12-22-44(46)45-27-26-41(34-48(45)58)59-40-21-14-20-39(33-40)57-35-55(4)51-47(57)29-31-56(5)53(51)50-42(36-16-8-6-9-17-36)23-15-24-43(50)37-18-10-7-11-19-37;/h6-32H,1-5H3;/q-2;. The van der Waals surface area contributed by atoms with E-state index in [0.29, 0.717) is 11.5 Å². The van der Waals surface area contributed by atoms with Gasteiger partial charge in [-0.3, -0.25) is 0 Å². The van der Waals surface area contributed by atoms with Gasteiger partial charge in [-0.25, -0.2) is 4.98 Å². The van der Waals surface area contributed by atoms with Crippen LogP contribution in [0.25, 0.3) is 61.6 Å². The Morgan fingerprint density at radius 3 is 2.08 bits per heavy atom. The number of hydrogen-bond donors (Lipinski definition) is 0. The molecule has 0 unspecified atom stereocenters. The summed E-state index contributed by atoms with van der Waals surface area (Å²) in [6.07, 6.45) is 9.87. The smallest absolute Gasteiger partial charge is 0.307 e. The first-order valence-electron chi connectivity index (χ1n) is 20.0. The molecule has 9 aromatic rings. The van der Waals surface area contributed by atoms with E-state index in [1.807, 2.05) is 24.4 Å². The van der Waals surface area contributed by atoms with Crippen molar-refractivity contribution in [1.82, 2.24) is 18.9 Å². The van der Waals surface area contributed by atoms with Gasteiger partial charge in [0.15, 0.2) is 0 Å². The summed E-state index contributed by atoms with van der Waals surface area (Å²) in [5.74, 6) is 2.03. The first kappa shape index (κ1) is 39.1. The first-order valence-corrected chi connectivity index (χ1v) is 20.0. The summed E-state index contributed by atoms with van der Waals surface area (Å²) in [7, 11) is 4.24. The normalized spacial score (nSPS) is 12.5. The van der Waals surface area contributed by atoms with Crippen LogP contribution in [0.3, 0.4) is 0 Å². The average Bonchev–Trinajstić information content (AvgIpc) is 3.78. The Morgan fingerprint density at radius 2 is 1.37 bits per heavy atom. The molecule has 0 spiro atoms. The van der Waals surface area contributed by atoms with Crippen LogP contribution in [0.4, 0.5) is 0 Å². The van der Waals surface area contributed by atoms with Gasteiger partial charge in [0.25, 0.3) is 0 Å². The summed E-state index contributed by atoms with van der Waals surface area (Å²) < 4.78 is 13.0. The first-order chi connectivity index (χ1) is 28.7. The number of para-hydroxylation sites is 1. The summed E-state index contributed by atoms with van der Waals surface area (Å²) in [6.45, 7) is 6.57. The number of pyridine rings is 1. The van der Waals surface area contributed by atoms with Gasteiger partial charge in [0.1, 0.15) is 5.82 Å². The van der Waals surface area contributed by atoms with Crippen LogP contribution in [0.2, 0.25) is 0 Å². The van der Waals surface area contributed by atoms with Gasteiger partial charge in [-0.2, -0.15) is 18.2 Å². The zero-order valence-corrected chi connectivity index (χ0v) is 36.4. The van der Waals surface area contributed by atoms with Crippen molar-refractivity contribution in [1.29, 1.82) is 0 Å². The van der Waals surface area contributed by atoms with Crippen molar-refractivity contribution < 1.29 is 30.4 Å². The topological polar surface area (TPSA) is 39.1 Å². The van der Waals surface area contributed by atoms with E-state index in [1.165, 1.54) is 33.3 Å². The fourth-order valence-electron chi connectivity index (χ4n) is 8.54. The van der Waals surface area contributed by atoms with Gasteiger partial charge in [0, 0.05) is 55.6 Å². The van der Waals surface area contributed by atoms with Crippen LogP contribution in [0.1, 0.15) is 32.0 Å². The number of nitrogens with zero attached hydrogens (tertiary/aromatic N) is 5. The maximum atomic E-state index is 6.60. The second-order valence-corrected chi connectivity index (χ2v) is 16.2. The van der Waals surface area contributed by atoms with Crippen molar-refractivity contribution in [3.63, 3.8) is 0 Å². The minimum atomic E-state index is -0.102. The fraction of sp³-hybridized carbons (Fsp3) is 0.115. The van der Waals surface area contributed by atoms with Crippen molar-refractivity contribution in [3.8, 4) is 45.3 Å². The Kier molecular flexibility index (Phi) is 10.2. The number of aryl methyl sites for hydroxylation is 1. The summed E-state index contributed by atoms with van der Waals surface area (Å²) in [6, 6.07) is 58.0. The van der Waals surface area contributed by atoms with Crippen LogP contribution >= 0.6 is 0 Å². The number of aromatic nitrogens is 4. The van der Waals surface area contributed by atoms with Crippen LogP contribution in [0.15, 0.2) is 158 Å². The molecule has 0 amide bonds. The Balaban J connectivity index is 0.00000462. The molecule has 1 aliphatic heterocycles. The summed E-state index contributed by atoms with van der Waals surface area (Å²) in [5, 5.41) is 2.23. The van der Waals surface area contributed by atoms with E-state index >= 15 is 0 Å². The molecule has 4 heterocycles. The molecule has 0 N–H and O–H groups in total. The van der Waals surface area contributed by atoms with E-state index in [4.69, 9.17) is 9.72 Å². The Morgan fingerprint density at radius 1 is 0.700 bits per heavy atom. The molecule has 0 saturated heterocycles. The van der Waals surface area contributed by atoms with Gasteiger partial charge < -0.3 is 23.2 Å². The van der Waals surface area contributed by atoms with Gasteiger partial charge in [0.05, 0.1) is 7.05 Å². The predicted molar refractivity (Wildman–Crippen MR) is 240 cm³/mol. The van der Waals surface area contributed by atoms with Crippen molar-refractivity contribution in [2.24, 2.45) is 7.05 Å². The average molecular weight is 959 g/mol. The van der Waals surface area contributed by atoms with E-state index < -0.39 is 0 Å². The van der Waals surface area contributed by atoms with Crippen molar-refractivity contribution in [2.75, 3.05) is 7.05 Å². The minimum Gasteiger partial charge on any atom is -0.510 e. The molecule has 6 nitrogen and oxygen atoms in total. The molecule has 0 radical (unpaired) electrons. The van der Waals surface area contributed by atoms with Gasteiger partial charge in [-0.05, 0) is 81.6 Å². The molecule has 0 fully saturated rings. The number of imidazole rings is 1. The number of benzene rings is 6. The number of ether oxygens (including phenoxy) is 1. The zero-order chi connectivity index (χ0) is 40.3. The Bertz CT molecular complexity index is 3000. The molecule has 1 aliphatic rings. The molecule has 0 saturated carbocycles. The van der Waals surface area contributed by atoms with Gasteiger partial charge in [-0.1, -0.05) is 129 Å². The molecule has 6 aromatic carbocycles. The Hall–Kier alpha value is -6.43. The van der Waals surface area contributed by atoms with E-state index in [-0.39, 0.29) is 33.3 Å². The molecule has 3 aromatic heterocycles. The predicted octanol–water partition coefficient (Wildman–Crippen LogP) is 9.64. The summed E-state index contributed by atoms with van der Waals surface area (Å²) >= 11 is 0. The Labute approximate surface area is 366 Å². The van der Waals surface area contributed by atoms with Crippen LogP contribution in [-0.2, 0) is 33.5 Å². The fourth-order valence-corrected chi connectivity index (χ4v) is 8.54. The molecule has 10 rings (SSSR count). The number of hydrogen-bond acceptors (Lipinski definition) is 3. The van der Waals surface area contributed by atoms with Crippen LogP contribution in [0, 0.1) is 18.5 Å². The van der Waals surface area contributed by atoms with E-state index in [0.717, 1.165) is 44.6 Å². The van der Waals surface area contributed by atoms with Crippen molar-refractivity contribution >= 4 is 45.8 Å². The largest absolute Gasteiger partial charge is 0.510 e. The van der Waals surface area contributed by atoms with Crippen molar-refractivity contribution in [2.45, 2.75) is 26.2 Å². The van der Waals surface area contributed by atoms with E-state index in [9.17, 15) is 0 Å². The summed E-state index contributed by atoms with van der Waals surface area (Å²) in [5.41, 5.74) is 12.2. The molecular weight excluding hydrogens is 916 g/mol. The van der Waals surface area contributed by atoms with Crippen LogP contribution in [-0.4, -0.2) is 32.8 Å². The van der Waals surface area contributed by atoms with Gasteiger partial charge in [-0.15, -0.1) is 29.7 Å². The quantitative estimate of drug-likeness (QED) is 0.0909. The minimum absolute atomic E-state index is 0. The third kappa shape index (κ3) is 6.87. The van der Waals surface area contributed by atoms with Crippen molar-refractivity contribution in [3.05, 3.63) is 188 Å². The van der Waals surface area contributed by atoms with Gasteiger partial charge in [0.2, 0.25) is 6.33 Å². The van der Waals surface area contributed by atoms with Gasteiger partial charge >= 0.3 is 6.85 Å². The van der Waals surface area contributed by atoms with Crippen LogP contribution in [0.5, 0.6) is 11.5 Å². The molecule has 8 heteroatoms. The number of rotatable bonds is 7. The van der Waals surface area contributed by atoms with E-state index in [1.54, 1.807) is 0 Å². The second kappa shape index (κ2) is 15.6. The SMILES string of the molecule is CN1C=Cc2c([n+](C)[c-]n2-c2[c-]c(Oc3[c-]c4c(cc3)c3ccccc3n4-c3cc(C(C)(C)C)ccn3)ccc2)B1c1c(-c2ccccc2)cccc1-c1ccccc1.[Pt]. The maximum Gasteiger partial charge on any atom is 0.307 e. The van der Waals surface area contributed by atoms with E-state index in [2.05, 4.69) is 212 Å². The molecule has 296 valence electrons. The van der Waals surface area contributed by atoms with Crippen LogP contribution < -0.4 is 20.4 Å². The maximum absolute atomic E-state index is 6.60. The molecule has 60 heavy (non-hydrogen) atoms. The summed E-state index contributed by atoms with van der Waals surface area (Å²) in [4.78, 5) is 7.14. The molecule has 0 atom stereocenters. The molecular formula is C52H42BN5OPt-2. The monoisotopic (exact) mass is 958 g/mol. The molecule has 0 bridgehead atoms. The zero-order valence-electron chi connectivity index (χ0n) is 34.1. The third-order valence-corrected chi connectivity index (χ3v) is 11.4. The second-order valence-electron chi connectivity index (χ2n) is 16.2. The number of fused-ring (bicyclic) bond motifs is 4. The molecule has 0 aliphatic carbocycles. The third-order valence-electron chi connectivity index (χ3n) is 11.4.